The zero-order valence-corrected chi connectivity index (χ0v) is 45.2. The molecule has 2 amide bonds. The van der Waals surface area contributed by atoms with Gasteiger partial charge in [0, 0.05) is 46.9 Å². The van der Waals surface area contributed by atoms with Crippen molar-refractivity contribution in [3.63, 3.8) is 0 Å². The van der Waals surface area contributed by atoms with Gasteiger partial charge in [-0.1, -0.05) is 57.8 Å². The second-order valence-electron chi connectivity index (χ2n) is 17.0. The fourth-order valence-electron chi connectivity index (χ4n) is 7.45. The van der Waals surface area contributed by atoms with Gasteiger partial charge in [0.15, 0.2) is 6.29 Å². The Hall–Kier alpha value is -0.900. The Morgan fingerprint density at radius 2 is 1.15 bits per heavy atom. The smallest absolute Gasteiger partial charge is 0.268 e. The van der Waals surface area contributed by atoms with Crippen LogP contribution in [0.4, 0.5) is 0 Å². The first-order valence-electron chi connectivity index (χ1n) is 24.3. The zero-order chi connectivity index (χ0) is 53.5. The first kappa shape index (κ1) is 67.2. The molecule has 2 saturated heterocycles. The Morgan fingerprint density at radius 3 is 1.69 bits per heavy atom. The van der Waals surface area contributed by atoms with E-state index in [1.54, 1.807) is 0 Å². The number of ether oxygens (including phenoxy) is 5. The normalized spacial score (nSPS) is 24.9. The van der Waals surface area contributed by atoms with E-state index in [4.69, 9.17) is 41.8 Å². The molecule has 4 N–H and O–H groups in total. The first-order valence-corrected chi connectivity index (χ1v) is 30.4. The van der Waals surface area contributed by atoms with E-state index in [2.05, 4.69) is 18.9 Å². The zero-order valence-electron chi connectivity index (χ0n) is 41.6. The second-order valence-corrected chi connectivity index (χ2v) is 23.3. The third kappa shape index (κ3) is 30.1. The highest BCUT2D eigenvalue weighted by Crippen LogP contribution is 2.44. The van der Waals surface area contributed by atoms with E-state index in [0.717, 1.165) is 64.9 Å². The Balaban J connectivity index is 1.81. The first-order chi connectivity index (χ1) is 34.1. The molecule has 426 valence electrons. The van der Waals surface area contributed by atoms with Crippen LogP contribution in [0.3, 0.4) is 0 Å². The Kier molecular flexibility index (Phi) is 34.5. The van der Waals surface area contributed by atoms with Gasteiger partial charge >= 0.3 is 0 Å². The number of aliphatic hydroxyl groups excluding tert-OH is 3. The molecule has 0 aromatic heterocycles. The lowest BCUT2D eigenvalue weighted by molar-refractivity contribution is -0.270. The molecule has 0 aromatic rings. The lowest BCUT2D eigenvalue weighted by Gasteiger charge is -2.42. The lowest BCUT2D eigenvalue weighted by Crippen LogP contribution is -2.64. The molecule has 0 bridgehead atoms. The number of rotatable bonds is 44. The molecule has 0 saturated carbocycles. The summed E-state index contributed by atoms with van der Waals surface area (Å²) in [4.78, 5) is 74.6. The highest BCUT2D eigenvalue weighted by Gasteiger charge is 2.45. The molecule has 0 spiro atoms. The molecule has 2 aliphatic rings. The minimum absolute atomic E-state index is 0.0132. The number of likely N-dealkylation sites (tertiary alicyclic amines) is 1. The van der Waals surface area contributed by atoms with Crippen LogP contribution in [0.2, 0.25) is 0 Å². The summed E-state index contributed by atoms with van der Waals surface area (Å²) in [6.07, 6.45) is 3.30. The van der Waals surface area contributed by atoms with Crippen LogP contribution in [0, 0.1) is 0 Å². The average Bonchev–Trinajstić information content (AvgIpc) is 3.73. The van der Waals surface area contributed by atoms with Gasteiger partial charge in [-0.05, 0) is 32.1 Å². The standard InChI is InChI=1S/C41H82N2O25P4/c1-33(45)42-38-40(48)39(47)36(31-44)67-41(38)62-18-15-13-17-37(46)43-30-35(68-72(55,56)63-19-14-11-9-7-5-4-6-8-10-12-16-28-69(49,50)57-2)29-34(43)32-66-71(53,54)65-27-25-61-23-21-59-20-22-60-24-26-64-70(51,52)58-3/h34-36,38-41,44,47-48H,4-32H2,1-3H3,(H,42,45)(H,49,50)(H,51,52)(H,53,54)(H,55,56)/p-4/t34-,35+,36?,38?,39+,40+,41+/m0/s1. The summed E-state index contributed by atoms with van der Waals surface area (Å²) in [6, 6.07) is -2.11. The Labute approximate surface area is 422 Å². The molecule has 6 unspecified atom stereocenters. The monoisotopic (exact) mass is 1120 g/mol. The molecular formula is C41H78N2O25P4-4. The fourth-order valence-corrected chi connectivity index (χ4v) is 10.3. The molecule has 72 heavy (non-hydrogen) atoms. The van der Waals surface area contributed by atoms with Gasteiger partial charge in [-0.3, -0.25) is 23.3 Å². The van der Waals surface area contributed by atoms with Crippen molar-refractivity contribution < 1.29 is 118 Å². The SMILES string of the molecule is COP(=O)([O-])CCCCCCCCCCCCCOP(=O)([O-])O[C@@H]1C[C@@H](COP(=O)([O-])OCCOCCOCCOCCOP(=O)([O-])OC)N(C(=O)CCCCO[C@@H]2OC(CO)[C@@H](O)[C@H](O)C2NC(C)=O)C1. The molecule has 0 radical (unpaired) electrons. The van der Waals surface area contributed by atoms with Crippen molar-refractivity contribution in [1.29, 1.82) is 0 Å². The molecule has 27 nitrogen and oxygen atoms in total. The van der Waals surface area contributed by atoms with Crippen LogP contribution in [0.25, 0.3) is 0 Å². The predicted molar refractivity (Wildman–Crippen MR) is 247 cm³/mol. The van der Waals surface area contributed by atoms with Crippen molar-refractivity contribution in [3.8, 4) is 0 Å². The molecule has 2 aliphatic heterocycles. The maximum atomic E-state index is 13.6. The van der Waals surface area contributed by atoms with E-state index in [-0.39, 0.29) is 97.9 Å². The van der Waals surface area contributed by atoms with Crippen LogP contribution >= 0.6 is 31.1 Å². The van der Waals surface area contributed by atoms with Gasteiger partial charge in [-0.15, -0.1) is 0 Å². The average molecular weight is 1120 g/mol. The summed E-state index contributed by atoms with van der Waals surface area (Å²) in [7, 11) is -15.7. The van der Waals surface area contributed by atoms with Gasteiger partial charge in [0.25, 0.3) is 23.5 Å². The number of hydrogen-bond acceptors (Lipinski definition) is 25. The number of amides is 2. The van der Waals surface area contributed by atoms with Crippen LogP contribution in [-0.4, -0.2) is 181 Å². The summed E-state index contributed by atoms with van der Waals surface area (Å²) in [5.41, 5.74) is 0. The maximum Gasteiger partial charge on any atom is 0.268 e. The highest BCUT2D eigenvalue weighted by molar-refractivity contribution is 7.51. The largest absolute Gasteiger partial charge is 0.779 e. The van der Waals surface area contributed by atoms with Crippen LogP contribution in [0.5, 0.6) is 0 Å². The van der Waals surface area contributed by atoms with Crippen LogP contribution in [0.1, 0.15) is 103 Å². The summed E-state index contributed by atoms with van der Waals surface area (Å²) in [6.45, 7) is -0.716. The van der Waals surface area contributed by atoms with Crippen LogP contribution < -0.4 is 24.9 Å². The van der Waals surface area contributed by atoms with Gasteiger partial charge in [-0.25, -0.2) is 0 Å². The number of nitrogens with one attached hydrogen (secondary N) is 1. The van der Waals surface area contributed by atoms with Crippen molar-refractivity contribution >= 4 is 42.9 Å². The topological polar surface area (TPSA) is 381 Å². The van der Waals surface area contributed by atoms with Gasteiger partial charge in [-0.2, -0.15) is 0 Å². The van der Waals surface area contributed by atoms with E-state index in [1.165, 1.54) is 18.9 Å². The quantitative estimate of drug-likeness (QED) is 0.0483. The number of nitrogens with zero attached hydrogens (tertiary/aromatic N) is 1. The fraction of sp³-hybridized carbons (Fsp3) is 0.951. The molecule has 2 heterocycles. The van der Waals surface area contributed by atoms with Gasteiger partial charge in [0.05, 0.1) is 84.8 Å². The van der Waals surface area contributed by atoms with Crippen molar-refractivity contribution in [1.82, 2.24) is 10.2 Å². The summed E-state index contributed by atoms with van der Waals surface area (Å²) < 4.78 is 109. The van der Waals surface area contributed by atoms with Crippen LogP contribution in [0.15, 0.2) is 0 Å². The predicted octanol–water partition coefficient (Wildman–Crippen LogP) is 0.762. The Morgan fingerprint density at radius 1 is 0.639 bits per heavy atom. The van der Waals surface area contributed by atoms with E-state index in [0.29, 0.717) is 12.8 Å². The van der Waals surface area contributed by atoms with Crippen molar-refractivity contribution in [2.24, 2.45) is 0 Å². The molecule has 31 heteroatoms. The molecule has 0 aromatic carbocycles. The van der Waals surface area contributed by atoms with E-state index < -0.39 is 105 Å². The number of aliphatic hydroxyl groups is 3. The van der Waals surface area contributed by atoms with Gasteiger partial charge in [0.2, 0.25) is 11.8 Å². The number of phosphoric acid groups is 3. The molecule has 2 rings (SSSR count). The molecule has 0 aliphatic carbocycles. The number of carbonyl (C=O) groups excluding carboxylic acids is 2. The molecule has 2 fully saturated rings. The number of unbranched alkanes of at least 4 members (excludes halogenated alkanes) is 11. The summed E-state index contributed by atoms with van der Waals surface area (Å²) in [5, 5.41) is 32.8. The third-order valence-corrected chi connectivity index (χ3v) is 15.6. The Bertz CT molecular complexity index is 1690. The summed E-state index contributed by atoms with van der Waals surface area (Å²) >= 11 is 0. The third-order valence-electron chi connectivity index (χ3n) is 11.2. The minimum atomic E-state index is -4.95. The van der Waals surface area contributed by atoms with E-state index in [1.807, 2.05) is 0 Å². The van der Waals surface area contributed by atoms with E-state index in [9.17, 15) is 62.7 Å². The molecule has 11 atom stereocenters. The van der Waals surface area contributed by atoms with E-state index >= 15 is 0 Å². The second kappa shape index (κ2) is 37.0. The molecular weight excluding hydrogens is 1040 g/mol. The van der Waals surface area contributed by atoms with Crippen LogP contribution in [-0.2, 0) is 83.2 Å². The number of phosphoric ester groups is 3. The highest BCUT2D eigenvalue weighted by atomic mass is 31.2. The number of carbonyl (C=O) groups is 2. The van der Waals surface area contributed by atoms with Crippen molar-refractivity contribution in [2.45, 2.75) is 146 Å². The van der Waals surface area contributed by atoms with Crippen molar-refractivity contribution in [2.75, 3.05) is 106 Å². The number of hydrogen-bond donors (Lipinski definition) is 4. The van der Waals surface area contributed by atoms with Gasteiger partial charge in [0.1, 0.15) is 31.9 Å². The lowest BCUT2D eigenvalue weighted by atomic mass is 9.97. The minimum Gasteiger partial charge on any atom is -0.779 e. The van der Waals surface area contributed by atoms with Gasteiger partial charge < -0.3 is 105 Å². The van der Waals surface area contributed by atoms with Crippen molar-refractivity contribution in [3.05, 3.63) is 0 Å². The maximum absolute atomic E-state index is 13.6. The summed E-state index contributed by atoms with van der Waals surface area (Å²) in [5.74, 6) is -1.01.